The van der Waals surface area contributed by atoms with Crippen molar-refractivity contribution in [3.05, 3.63) is 35.4 Å². The summed E-state index contributed by atoms with van der Waals surface area (Å²) >= 11 is 0. The van der Waals surface area contributed by atoms with E-state index in [0.717, 1.165) is 31.5 Å². The van der Waals surface area contributed by atoms with Crippen LogP contribution in [-0.2, 0) is 15.8 Å². The summed E-state index contributed by atoms with van der Waals surface area (Å²) in [5, 5.41) is 6.28. The van der Waals surface area contributed by atoms with Crippen LogP contribution in [0.25, 0.3) is 0 Å². The van der Waals surface area contributed by atoms with Crippen molar-refractivity contribution >= 4 is 24.2 Å². The van der Waals surface area contributed by atoms with Crippen LogP contribution < -0.4 is 10.6 Å². The number of hydrogen-bond acceptors (Lipinski definition) is 3. The molecule has 3 rings (SSSR count). The highest BCUT2D eigenvalue weighted by Crippen LogP contribution is 2.37. The molecule has 1 aromatic carbocycles. The normalized spacial score (nSPS) is 25.8. The minimum absolute atomic E-state index is 0. The van der Waals surface area contributed by atoms with E-state index in [1.807, 2.05) is 0 Å². The predicted octanol–water partition coefficient (Wildman–Crippen LogP) is 2.90. The molecule has 0 saturated carbocycles. The molecular weight excluding hydrogens is 395 g/mol. The number of nitrogens with one attached hydrogen (secondary N) is 2. The molecule has 2 heterocycles. The quantitative estimate of drug-likeness (QED) is 0.792. The van der Waals surface area contributed by atoms with Crippen LogP contribution in [0.5, 0.6) is 0 Å². The van der Waals surface area contributed by atoms with Gasteiger partial charge in [-0.15, -0.1) is 12.4 Å². The number of likely N-dealkylation sites (tertiary alicyclic amines) is 1. The fraction of sp³-hybridized carbons (Fsp3) is 0.579. The van der Waals surface area contributed by atoms with Crippen molar-refractivity contribution in [2.75, 3.05) is 20.1 Å². The molecule has 3 atom stereocenters. The number of hydrogen-bond donors (Lipinski definition) is 2. The number of benzene rings is 1. The molecule has 2 aliphatic heterocycles. The minimum Gasteiger partial charge on any atom is -0.352 e. The number of carbonyl (C=O) groups excluding carboxylic acids is 2. The summed E-state index contributed by atoms with van der Waals surface area (Å²) in [4.78, 5) is 26.5. The zero-order valence-corrected chi connectivity index (χ0v) is 16.4. The average Bonchev–Trinajstić information content (AvgIpc) is 2.64. The summed E-state index contributed by atoms with van der Waals surface area (Å²) in [7, 11) is 1.60. The molecule has 2 unspecified atom stereocenters. The third kappa shape index (κ3) is 4.97. The maximum Gasteiger partial charge on any atom is 0.416 e. The Hall–Kier alpha value is -1.80. The molecule has 2 N–H and O–H groups in total. The fourth-order valence-corrected chi connectivity index (χ4v) is 3.92. The van der Waals surface area contributed by atoms with Crippen LogP contribution in [0.3, 0.4) is 0 Å². The molecule has 2 aliphatic rings. The van der Waals surface area contributed by atoms with Gasteiger partial charge in [-0.25, -0.2) is 0 Å². The van der Waals surface area contributed by atoms with E-state index in [-0.39, 0.29) is 36.7 Å². The fourth-order valence-electron chi connectivity index (χ4n) is 3.92. The Bertz CT molecular complexity index is 691. The molecule has 9 heteroatoms. The minimum atomic E-state index is -4.42. The lowest BCUT2D eigenvalue weighted by molar-refractivity contribution is -0.142. The Morgan fingerprint density at radius 2 is 1.89 bits per heavy atom. The monoisotopic (exact) mass is 419 g/mol. The highest BCUT2D eigenvalue weighted by Gasteiger charge is 2.40. The molecular formula is C19H25ClF3N3O2. The topological polar surface area (TPSA) is 61.4 Å². The Labute approximate surface area is 168 Å². The number of amides is 2. The Balaban J connectivity index is 0.00000280. The zero-order valence-electron chi connectivity index (χ0n) is 15.6. The highest BCUT2D eigenvalue weighted by molar-refractivity contribution is 5.85. The number of halogens is 4. The summed E-state index contributed by atoms with van der Waals surface area (Å²) in [6, 6.07) is 4.22. The maximum atomic E-state index is 12.9. The van der Waals surface area contributed by atoms with Gasteiger partial charge in [-0.3, -0.25) is 9.59 Å². The second-order valence-electron chi connectivity index (χ2n) is 7.27. The Morgan fingerprint density at radius 1 is 1.21 bits per heavy atom. The van der Waals surface area contributed by atoms with Crippen LogP contribution in [0.2, 0.25) is 0 Å². The van der Waals surface area contributed by atoms with Gasteiger partial charge in [-0.05, 0) is 43.5 Å². The third-order valence-corrected chi connectivity index (χ3v) is 5.42. The van der Waals surface area contributed by atoms with Crippen molar-refractivity contribution in [1.29, 1.82) is 0 Å². The van der Waals surface area contributed by atoms with E-state index >= 15 is 0 Å². The SMILES string of the molecule is CN1C(=O)CCC(C(=O)N[C@H]2CCCNC2)C1c1ccc(C(F)(F)F)cc1.Cl. The van der Waals surface area contributed by atoms with Crippen molar-refractivity contribution < 1.29 is 22.8 Å². The number of nitrogens with zero attached hydrogens (tertiary/aromatic N) is 1. The van der Waals surface area contributed by atoms with E-state index in [1.165, 1.54) is 17.0 Å². The van der Waals surface area contributed by atoms with Gasteiger partial charge in [-0.1, -0.05) is 12.1 Å². The summed E-state index contributed by atoms with van der Waals surface area (Å²) < 4.78 is 38.5. The smallest absolute Gasteiger partial charge is 0.352 e. The van der Waals surface area contributed by atoms with Gasteiger partial charge < -0.3 is 15.5 Å². The van der Waals surface area contributed by atoms with E-state index in [0.29, 0.717) is 18.5 Å². The van der Waals surface area contributed by atoms with E-state index < -0.39 is 23.7 Å². The molecule has 5 nitrogen and oxygen atoms in total. The van der Waals surface area contributed by atoms with Crippen molar-refractivity contribution in [2.45, 2.75) is 43.9 Å². The largest absolute Gasteiger partial charge is 0.416 e. The number of carbonyl (C=O) groups is 2. The van der Waals surface area contributed by atoms with Gasteiger partial charge in [0.15, 0.2) is 0 Å². The van der Waals surface area contributed by atoms with Gasteiger partial charge in [-0.2, -0.15) is 13.2 Å². The summed E-state index contributed by atoms with van der Waals surface area (Å²) in [6.07, 6.45) is -1.89. The van der Waals surface area contributed by atoms with Crippen LogP contribution in [0.15, 0.2) is 24.3 Å². The molecule has 2 amide bonds. The molecule has 2 fully saturated rings. The first kappa shape index (κ1) is 22.5. The molecule has 156 valence electrons. The van der Waals surface area contributed by atoms with E-state index in [1.54, 1.807) is 7.05 Å². The summed E-state index contributed by atoms with van der Waals surface area (Å²) in [6.45, 7) is 1.64. The van der Waals surface area contributed by atoms with Gasteiger partial charge in [0.05, 0.1) is 17.5 Å². The van der Waals surface area contributed by atoms with Gasteiger partial charge >= 0.3 is 6.18 Å². The zero-order chi connectivity index (χ0) is 19.6. The van der Waals surface area contributed by atoms with Gasteiger partial charge in [0.1, 0.15) is 0 Å². The molecule has 2 saturated heterocycles. The van der Waals surface area contributed by atoms with Crippen LogP contribution in [0.1, 0.15) is 42.9 Å². The first-order valence-electron chi connectivity index (χ1n) is 9.21. The van der Waals surface area contributed by atoms with Crippen molar-refractivity contribution in [3.63, 3.8) is 0 Å². The maximum absolute atomic E-state index is 12.9. The summed E-state index contributed by atoms with van der Waals surface area (Å²) in [5.41, 5.74) is -0.203. The van der Waals surface area contributed by atoms with Crippen LogP contribution in [-0.4, -0.2) is 42.9 Å². The number of rotatable bonds is 3. The number of piperidine rings is 2. The first-order chi connectivity index (χ1) is 12.8. The van der Waals surface area contributed by atoms with Crippen molar-refractivity contribution in [1.82, 2.24) is 15.5 Å². The second kappa shape index (κ2) is 9.13. The van der Waals surface area contributed by atoms with Crippen LogP contribution >= 0.6 is 12.4 Å². The van der Waals surface area contributed by atoms with E-state index in [2.05, 4.69) is 10.6 Å². The van der Waals surface area contributed by atoms with Gasteiger partial charge in [0, 0.05) is 26.1 Å². The predicted molar refractivity (Wildman–Crippen MR) is 101 cm³/mol. The lowest BCUT2D eigenvalue weighted by Gasteiger charge is -2.39. The molecule has 0 aliphatic carbocycles. The second-order valence-corrected chi connectivity index (χ2v) is 7.27. The molecule has 0 aromatic heterocycles. The van der Waals surface area contributed by atoms with Crippen LogP contribution in [0, 0.1) is 5.92 Å². The standard InChI is InChI=1S/C19H24F3N3O2.ClH/c1-25-16(26)9-8-15(18(27)24-14-3-2-10-23-11-14)17(25)12-4-6-13(7-5-12)19(20,21)22;/h4-7,14-15,17,23H,2-3,8-11H2,1H3,(H,24,27);1H/t14-,15?,17?;/m0./s1. The average molecular weight is 420 g/mol. The van der Waals surface area contributed by atoms with Crippen molar-refractivity contribution in [3.8, 4) is 0 Å². The molecule has 0 bridgehead atoms. The molecule has 0 spiro atoms. The van der Waals surface area contributed by atoms with E-state index in [9.17, 15) is 22.8 Å². The molecule has 0 radical (unpaired) electrons. The number of alkyl halides is 3. The van der Waals surface area contributed by atoms with Gasteiger partial charge in [0.25, 0.3) is 0 Å². The lowest BCUT2D eigenvalue weighted by Crippen LogP contribution is -2.51. The van der Waals surface area contributed by atoms with E-state index in [4.69, 9.17) is 0 Å². The Kier molecular flexibility index (Phi) is 7.33. The van der Waals surface area contributed by atoms with Crippen LogP contribution in [0.4, 0.5) is 13.2 Å². The molecule has 1 aromatic rings. The summed E-state index contributed by atoms with van der Waals surface area (Å²) in [5.74, 6) is -0.734. The lowest BCUT2D eigenvalue weighted by atomic mass is 9.83. The highest BCUT2D eigenvalue weighted by atomic mass is 35.5. The first-order valence-corrected chi connectivity index (χ1v) is 9.21. The molecule has 28 heavy (non-hydrogen) atoms. The third-order valence-electron chi connectivity index (χ3n) is 5.42. The Morgan fingerprint density at radius 3 is 2.46 bits per heavy atom. The van der Waals surface area contributed by atoms with Crippen molar-refractivity contribution in [2.24, 2.45) is 5.92 Å². The van der Waals surface area contributed by atoms with Gasteiger partial charge in [0.2, 0.25) is 11.8 Å².